The summed E-state index contributed by atoms with van der Waals surface area (Å²) in [5, 5.41) is 10.3. The van der Waals surface area contributed by atoms with Crippen molar-refractivity contribution in [2.24, 2.45) is 0 Å². The molecule has 16 aromatic rings. The second-order valence-electron chi connectivity index (χ2n) is 20.0. The number of fused-ring (bicyclic) bond motifs is 13. The van der Waals surface area contributed by atoms with Gasteiger partial charge in [0.1, 0.15) is 0 Å². The maximum Gasteiger partial charge on any atom is 0.0562 e. The van der Waals surface area contributed by atoms with Gasteiger partial charge >= 0.3 is 0 Å². The maximum absolute atomic E-state index is 2.46. The van der Waals surface area contributed by atoms with Crippen molar-refractivity contribution in [3.8, 4) is 27.9 Å². The van der Waals surface area contributed by atoms with Crippen molar-refractivity contribution < 1.29 is 0 Å². The molecule has 0 bridgehead atoms. The van der Waals surface area contributed by atoms with Crippen LogP contribution in [0.2, 0.25) is 0 Å². The summed E-state index contributed by atoms with van der Waals surface area (Å²) in [5.74, 6) is 0. The van der Waals surface area contributed by atoms with Crippen LogP contribution in [-0.2, 0) is 0 Å². The van der Waals surface area contributed by atoms with Crippen molar-refractivity contribution in [1.29, 1.82) is 0 Å². The number of aromatic nitrogens is 1. The van der Waals surface area contributed by atoms with E-state index in [9.17, 15) is 0 Å². The van der Waals surface area contributed by atoms with Gasteiger partial charge in [0.2, 0.25) is 0 Å². The van der Waals surface area contributed by atoms with Crippen molar-refractivity contribution in [3.05, 3.63) is 273 Å². The third-order valence-corrected chi connectivity index (χ3v) is 19.0. The van der Waals surface area contributed by atoms with Crippen LogP contribution in [0.5, 0.6) is 0 Å². The molecule has 78 heavy (non-hydrogen) atoms. The van der Waals surface area contributed by atoms with Crippen LogP contribution in [0, 0.1) is 0 Å². The van der Waals surface area contributed by atoms with E-state index in [0.717, 1.165) is 62.0 Å². The van der Waals surface area contributed by atoms with Gasteiger partial charge in [0.05, 0.1) is 11.0 Å². The summed E-state index contributed by atoms with van der Waals surface area (Å²) in [6.07, 6.45) is 0. The van der Waals surface area contributed by atoms with Crippen molar-refractivity contribution in [2.75, 3.05) is 9.80 Å². The fourth-order valence-corrected chi connectivity index (χ4v) is 15.3. The highest BCUT2D eigenvalue weighted by Gasteiger charge is 2.23. The first-order valence-corrected chi connectivity index (χ1v) is 28.8. The van der Waals surface area contributed by atoms with Crippen LogP contribution in [-0.4, -0.2) is 4.57 Å². The predicted octanol–water partition coefficient (Wildman–Crippen LogP) is 22.2. The Morgan fingerprint density at radius 2 is 0.641 bits per heavy atom. The van der Waals surface area contributed by atoms with Gasteiger partial charge < -0.3 is 14.4 Å². The predicted molar refractivity (Wildman–Crippen MR) is 340 cm³/mol. The number of anilines is 6. The molecule has 0 aliphatic carbocycles. The van der Waals surface area contributed by atoms with Crippen molar-refractivity contribution in [2.45, 2.75) is 0 Å². The van der Waals surface area contributed by atoms with E-state index < -0.39 is 0 Å². The van der Waals surface area contributed by atoms with Crippen LogP contribution in [0.1, 0.15) is 0 Å². The first kappa shape index (κ1) is 44.9. The number of para-hydroxylation sites is 1. The Balaban J connectivity index is 0.878. The quantitative estimate of drug-likeness (QED) is 0.143. The number of thiophene rings is 3. The minimum atomic E-state index is 1.07. The van der Waals surface area contributed by atoms with Crippen molar-refractivity contribution >= 4 is 150 Å². The molecule has 16 rings (SSSR count). The first-order chi connectivity index (χ1) is 38.6. The Morgan fingerprint density at radius 1 is 0.231 bits per heavy atom. The Hall–Kier alpha value is -9.30. The highest BCUT2D eigenvalue weighted by molar-refractivity contribution is 7.26. The Bertz CT molecular complexity index is 4890. The topological polar surface area (TPSA) is 11.4 Å². The summed E-state index contributed by atoms with van der Waals surface area (Å²) in [7, 11) is 0. The average Bonchev–Trinajstić information content (AvgIpc) is 4.39. The van der Waals surface area contributed by atoms with Gasteiger partial charge in [0, 0.05) is 111 Å². The summed E-state index contributed by atoms with van der Waals surface area (Å²) in [6, 6.07) is 101. The van der Waals surface area contributed by atoms with Gasteiger partial charge in [-0.05, 0) is 150 Å². The molecule has 12 aromatic carbocycles. The first-order valence-electron chi connectivity index (χ1n) is 26.4. The summed E-state index contributed by atoms with van der Waals surface area (Å²) in [6.45, 7) is 0. The standard InChI is InChI=1S/C72H45N3S3/c1-3-16-46(17-4-1)47-18-13-23-51(40-47)73(56-32-35-59-64(45-56)75(50-21-5-2-6-22-50)63-36-39-70-72(71(59)63)60-28-9-12-31-67(60)78-70)52-24-14-19-48(41-52)49-20-15-25-53(42-49)74(54-33-37-68-61(43-54)57-26-7-10-29-65(57)76-68)55-34-38-69-62(44-55)58-27-8-11-30-66(58)77-69/h1-45H. The third kappa shape index (κ3) is 7.37. The van der Waals surface area contributed by atoms with Gasteiger partial charge in [-0.15, -0.1) is 34.0 Å². The lowest BCUT2D eigenvalue weighted by atomic mass is 10.0. The molecule has 3 nitrogen and oxygen atoms in total. The SMILES string of the molecule is c1ccc(-c2cccc(N(c3cccc(-c4cccc(N(c5ccc6sc7ccccc7c6c5)c5ccc6sc7ccccc7c6c5)c4)c3)c3ccc4c5c6c(ccc5n(-c5ccccc5)c4c3)sc3ccccc36)c2)cc1. The lowest BCUT2D eigenvalue weighted by Gasteiger charge is -2.27. The molecule has 4 aromatic heterocycles. The van der Waals surface area contributed by atoms with Crippen LogP contribution in [0.4, 0.5) is 34.1 Å². The van der Waals surface area contributed by atoms with E-state index in [0.29, 0.717) is 0 Å². The second-order valence-corrected chi connectivity index (χ2v) is 23.3. The lowest BCUT2D eigenvalue weighted by Crippen LogP contribution is -2.11. The van der Waals surface area contributed by atoms with E-state index in [1.54, 1.807) is 0 Å². The number of nitrogens with zero attached hydrogens (tertiary/aromatic N) is 3. The van der Waals surface area contributed by atoms with Crippen LogP contribution in [0.3, 0.4) is 0 Å². The molecular formula is C72H45N3S3. The van der Waals surface area contributed by atoms with Crippen LogP contribution in [0.25, 0.3) is 110 Å². The molecule has 0 aliphatic rings. The number of hydrogen-bond donors (Lipinski definition) is 0. The molecule has 0 amide bonds. The zero-order valence-electron chi connectivity index (χ0n) is 42.0. The minimum Gasteiger partial charge on any atom is -0.310 e. The molecule has 0 atom stereocenters. The van der Waals surface area contributed by atoms with Gasteiger partial charge in [-0.3, -0.25) is 0 Å². The zero-order valence-corrected chi connectivity index (χ0v) is 44.5. The van der Waals surface area contributed by atoms with Gasteiger partial charge in [-0.25, -0.2) is 0 Å². The van der Waals surface area contributed by atoms with E-state index in [1.807, 2.05) is 34.0 Å². The number of benzene rings is 12. The normalized spacial score (nSPS) is 11.8. The van der Waals surface area contributed by atoms with Crippen LogP contribution >= 0.6 is 34.0 Å². The molecule has 366 valence electrons. The molecule has 0 saturated carbocycles. The second kappa shape index (κ2) is 18.2. The lowest BCUT2D eigenvalue weighted by molar-refractivity contribution is 1.18. The largest absolute Gasteiger partial charge is 0.310 e. The van der Waals surface area contributed by atoms with Gasteiger partial charge in [0.15, 0.2) is 0 Å². The van der Waals surface area contributed by atoms with E-state index in [2.05, 4.69) is 287 Å². The highest BCUT2D eigenvalue weighted by atomic mass is 32.1. The zero-order chi connectivity index (χ0) is 51.3. The molecule has 0 aliphatic heterocycles. The fourth-order valence-electron chi connectivity index (χ4n) is 12.0. The monoisotopic (exact) mass is 1050 g/mol. The molecular weight excluding hydrogens is 1000 g/mol. The molecule has 0 unspecified atom stereocenters. The summed E-state index contributed by atoms with van der Waals surface area (Å²) in [4.78, 5) is 4.88. The summed E-state index contributed by atoms with van der Waals surface area (Å²) >= 11 is 5.59. The molecule has 0 N–H and O–H groups in total. The molecule has 4 heterocycles. The van der Waals surface area contributed by atoms with E-state index in [1.165, 1.54) is 82.4 Å². The highest BCUT2D eigenvalue weighted by Crippen LogP contribution is 2.48. The van der Waals surface area contributed by atoms with E-state index in [-0.39, 0.29) is 0 Å². The average molecular weight is 1050 g/mol. The summed E-state index contributed by atoms with van der Waals surface area (Å²) in [5.41, 5.74) is 14.6. The fraction of sp³-hybridized carbons (Fsp3) is 0. The Labute approximate surface area is 462 Å². The smallest absolute Gasteiger partial charge is 0.0562 e. The molecule has 0 saturated heterocycles. The van der Waals surface area contributed by atoms with Crippen molar-refractivity contribution in [3.63, 3.8) is 0 Å². The van der Waals surface area contributed by atoms with Crippen LogP contribution in [0.15, 0.2) is 273 Å². The molecule has 0 fully saturated rings. The van der Waals surface area contributed by atoms with Crippen LogP contribution < -0.4 is 9.80 Å². The van der Waals surface area contributed by atoms with Gasteiger partial charge in [-0.2, -0.15) is 0 Å². The van der Waals surface area contributed by atoms with Crippen molar-refractivity contribution in [1.82, 2.24) is 4.57 Å². The molecule has 0 radical (unpaired) electrons. The third-order valence-electron chi connectivity index (χ3n) is 15.5. The minimum absolute atomic E-state index is 1.07. The molecule has 0 spiro atoms. The van der Waals surface area contributed by atoms with E-state index in [4.69, 9.17) is 0 Å². The number of hydrogen-bond acceptors (Lipinski definition) is 5. The Kier molecular flexibility index (Phi) is 10.5. The molecule has 6 heteroatoms. The summed E-state index contributed by atoms with van der Waals surface area (Å²) < 4.78 is 10.3. The maximum atomic E-state index is 2.46. The van der Waals surface area contributed by atoms with Gasteiger partial charge in [0.25, 0.3) is 0 Å². The Morgan fingerprint density at radius 3 is 1.22 bits per heavy atom. The van der Waals surface area contributed by atoms with Gasteiger partial charge in [-0.1, -0.05) is 146 Å². The number of rotatable bonds is 9. The van der Waals surface area contributed by atoms with E-state index >= 15 is 0 Å².